The maximum atomic E-state index is 12.1. The van der Waals surface area contributed by atoms with E-state index < -0.39 is 11.8 Å². The molecule has 1 aromatic carbocycles. The highest BCUT2D eigenvalue weighted by Gasteiger charge is 2.16. The summed E-state index contributed by atoms with van der Waals surface area (Å²) in [6.45, 7) is 4.38. The van der Waals surface area contributed by atoms with Crippen LogP contribution < -0.4 is 10.6 Å². The minimum Gasteiger partial charge on any atom is -0.347 e. The molecule has 0 fully saturated rings. The molecule has 138 valence electrons. The summed E-state index contributed by atoms with van der Waals surface area (Å²) in [6.07, 6.45) is 6.14. The van der Waals surface area contributed by atoms with Crippen molar-refractivity contribution in [1.82, 2.24) is 25.1 Å². The Morgan fingerprint density at radius 2 is 1.93 bits per heavy atom. The van der Waals surface area contributed by atoms with Gasteiger partial charge in [0.2, 0.25) is 5.95 Å². The van der Waals surface area contributed by atoms with Crippen molar-refractivity contribution in [3.63, 3.8) is 0 Å². The van der Waals surface area contributed by atoms with Crippen LogP contribution in [0.1, 0.15) is 24.0 Å². The molecular weight excluding hydrogens is 344 g/mol. The fourth-order valence-corrected chi connectivity index (χ4v) is 2.51. The Hall–Kier alpha value is -3.55. The maximum Gasteiger partial charge on any atom is 0.313 e. The molecule has 3 rings (SSSR count). The summed E-state index contributed by atoms with van der Waals surface area (Å²) >= 11 is 0. The molecule has 1 unspecified atom stereocenters. The lowest BCUT2D eigenvalue weighted by Crippen LogP contribution is -2.37. The zero-order valence-corrected chi connectivity index (χ0v) is 15.1. The van der Waals surface area contributed by atoms with Gasteiger partial charge in [0.25, 0.3) is 0 Å². The van der Waals surface area contributed by atoms with E-state index in [1.54, 1.807) is 18.5 Å². The van der Waals surface area contributed by atoms with Crippen LogP contribution in [0, 0.1) is 6.92 Å². The Balaban J connectivity index is 1.54. The highest BCUT2D eigenvalue weighted by Crippen LogP contribution is 2.15. The van der Waals surface area contributed by atoms with Crippen LogP contribution in [0.3, 0.4) is 0 Å². The van der Waals surface area contributed by atoms with Gasteiger partial charge < -0.3 is 10.6 Å². The monoisotopic (exact) mass is 364 g/mol. The molecule has 2 amide bonds. The number of aryl methyl sites for hydroxylation is 1. The number of rotatable bonds is 5. The van der Waals surface area contributed by atoms with E-state index in [4.69, 9.17) is 0 Å². The van der Waals surface area contributed by atoms with Crippen molar-refractivity contribution in [3.8, 4) is 5.95 Å². The molecule has 27 heavy (non-hydrogen) atoms. The molecular formula is C19H20N6O2. The quantitative estimate of drug-likeness (QED) is 0.673. The fraction of sp³-hybridized carbons (Fsp3) is 0.211. The molecule has 8 heteroatoms. The topological polar surface area (TPSA) is 102 Å². The predicted molar refractivity (Wildman–Crippen MR) is 100 cm³/mol. The van der Waals surface area contributed by atoms with E-state index in [1.165, 1.54) is 17.1 Å². The zero-order valence-electron chi connectivity index (χ0n) is 15.1. The first-order valence-corrected chi connectivity index (χ1v) is 8.51. The van der Waals surface area contributed by atoms with Gasteiger partial charge >= 0.3 is 11.8 Å². The molecule has 0 aliphatic rings. The van der Waals surface area contributed by atoms with E-state index in [2.05, 4.69) is 31.8 Å². The third-order valence-corrected chi connectivity index (χ3v) is 3.98. The first-order chi connectivity index (χ1) is 13.0. The van der Waals surface area contributed by atoms with Crippen LogP contribution in [-0.4, -0.2) is 38.1 Å². The van der Waals surface area contributed by atoms with Crippen LogP contribution in [0.2, 0.25) is 0 Å². The van der Waals surface area contributed by atoms with E-state index in [0.29, 0.717) is 18.2 Å². The van der Waals surface area contributed by atoms with Gasteiger partial charge in [-0.3, -0.25) is 9.59 Å². The molecule has 0 aliphatic carbocycles. The zero-order chi connectivity index (χ0) is 19.2. The molecule has 0 bridgehead atoms. The summed E-state index contributed by atoms with van der Waals surface area (Å²) in [4.78, 5) is 32.2. The van der Waals surface area contributed by atoms with E-state index in [-0.39, 0.29) is 5.92 Å². The average molecular weight is 364 g/mol. The summed E-state index contributed by atoms with van der Waals surface area (Å²) in [5.74, 6) is -0.979. The minimum atomic E-state index is -0.750. The van der Waals surface area contributed by atoms with Gasteiger partial charge in [0.15, 0.2) is 0 Å². The van der Waals surface area contributed by atoms with Crippen molar-refractivity contribution in [2.24, 2.45) is 0 Å². The lowest BCUT2D eigenvalue weighted by Gasteiger charge is -2.13. The van der Waals surface area contributed by atoms with Crippen molar-refractivity contribution < 1.29 is 9.59 Å². The summed E-state index contributed by atoms with van der Waals surface area (Å²) in [5, 5.41) is 9.24. The molecule has 2 N–H and O–H groups in total. The average Bonchev–Trinajstić information content (AvgIpc) is 3.15. The lowest BCUT2D eigenvalue weighted by atomic mass is 9.99. The fourth-order valence-electron chi connectivity index (χ4n) is 2.51. The number of hydrogen-bond acceptors (Lipinski definition) is 5. The molecule has 8 nitrogen and oxygen atoms in total. The standard InChI is InChI=1S/C19H20N6O2/c1-13-5-3-6-15(9-13)14(2)10-22-17(26)18(27)24-16-11-23-25(12-16)19-20-7-4-8-21-19/h3-9,11-12,14H,10H2,1-2H3,(H,22,26)(H,24,27). The second-order valence-corrected chi connectivity index (χ2v) is 6.20. The van der Waals surface area contributed by atoms with Gasteiger partial charge in [-0.15, -0.1) is 0 Å². The van der Waals surface area contributed by atoms with Gasteiger partial charge in [-0.05, 0) is 24.5 Å². The Bertz CT molecular complexity index is 938. The Kier molecular flexibility index (Phi) is 5.55. The minimum absolute atomic E-state index is 0.0969. The van der Waals surface area contributed by atoms with E-state index in [9.17, 15) is 9.59 Å². The second kappa shape index (κ2) is 8.22. The largest absolute Gasteiger partial charge is 0.347 e. The summed E-state index contributed by atoms with van der Waals surface area (Å²) < 4.78 is 1.41. The lowest BCUT2D eigenvalue weighted by molar-refractivity contribution is -0.136. The third kappa shape index (κ3) is 4.75. The highest BCUT2D eigenvalue weighted by atomic mass is 16.2. The normalized spacial score (nSPS) is 11.6. The van der Waals surface area contributed by atoms with Gasteiger partial charge in [0.1, 0.15) is 0 Å². The summed E-state index contributed by atoms with van der Waals surface area (Å²) in [7, 11) is 0. The summed E-state index contributed by atoms with van der Waals surface area (Å²) in [5.41, 5.74) is 2.65. The SMILES string of the molecule is Cc1cccc(C(C)CNC(=O)C(=O)Nc2cnn(-c3ncccn3)c2)c1. The third-order valence-electron chi connectivity index (χ3n) is 3.98. The molecule has 2 heterocycles. The summed E-state index contributed by atoms with van der Waals surface area (Å²) in [6, 6.07) is 9.76. The van der Waals surface area contributed by atoms with Crippen LogP contribution in [-0.2, 0) is 9.59 Å². The first kappa shape index (κ1) is 18.2. The number of carbonyl (C=O) groups excluding carboxylic acids is 2. The van der Waals surface area contributed by atoms with Gasteiger partial charge in [-0.25, -0.2) is 14.6 Å². The number of hydrogen-bond donors (Lipinski definition) is 2. The number of nitrogens with zero attached hydrogens (tertiary/aromatic N) is 4. The van der Waals surface area contributed by atoms with Crippen LogP contribution >= 0.6 is 0 Å². The van der Waals surface area contributed by atoms with Crippen molar-refractivity contribution >= 4 is 17.5 Å². The maximum absolute atomic E-state index is 12.1. The predicted octanol–water partition coefficient (Wildman–Crippen LogP) is 1.83. The second-order valence-electron chi connectivity index (χ2n) is 6.20. The van der Waals surface area contributed by atoms with Gasteiger partial charge in [0.05, 0.1) is 18.1 Å². The van der Waals surface area contributed by atoms with Crippen molar-refractivity contribution in [1.29, 1.82) is 0 Å². The number of aromatic nitrogens is 4. The number of benzene rings is 1. The number of nitrogens with one attached hydrogen (secondary N) is 2. The van der Waals surface area contributed by atoms with Crippen LogP contribution in [0.4, 0.5) is 5.69 Å². The van der Waals surface area contributed by atoms with Crippen LogP contribution in [0.25, 0.3) is 5.95 Å². The van der Waals surface area contributed by atoms with E-state index >= 15 is 0 Å². The smallest absolute Gasteiger partial charge is 0.313 e. The highest BCUT2D eigenvalue weighted by molar-refractivity contribution is 6.39. The first-order valence-electron chi connectivity index (χ1n) is 8.51. The molecule has 0 aliphatic heterocycles. The van der Waals surface area contributed by atoms with E-state index in [1.807, 2.05) is 32.0 Å². The molecule has 0 spiro atoms. The molecule has 1 atom stereocenters. The molecule has 2 aromatic heterocycles. The Morgan fingerprint density at radius 1 is 1.15 bits per heavy atom. The number of carbonyl (C=O) groups is 2. The van der Waals surface area contributed by atoms with Crippen molar-refractivity contribution in [3.05, 3.63) is 66.2 Å². The van der Waals surface area contributed by atoms with Crippen molar-refractivity contribution in [2.45, 2.75) is 19.8 Å². The number of amides is 2. The van der Waals surface area contributed by atoms with Gasteiger partial charge in [-0.2, -0.15) is 5.10 Å². The Labute approximate surface area is 156 Å². The molecule has 0 radical (unpaired) electrons. The number of anilines is 1. The van der Waals surface area contributed by atoms with Crippen molar-refractivity contribution in [2.75, 3.05) is 11.9 Å². The molecule has 0 saturated heterocycles. The van der Waals surface area contributed by atoms with Crippen LogP contribution in [0.15, 0.2) is 55.1 Å². The molecule has 3 aromatic rings. The molecule has 0 saturated carbocycles. The van der Waals surface area contributed by atoms with Gasteiger partial charge in [0, 0.05) is 18.9 Å². The van der Waals surface area contributed by atoms with E-state index in [0.717, 1.165) is 11.1 Å². The van der Waals surface area contributed by atoms with Gasteiger partial charge in [-0.1, -0.05) is 36.8 Å². The Morgan fingerprint density at radius 3 is 2.67 bits per heavy atom. The van der Waals surface area contributed by atoms with Crippen LogP contribution in [0.5, 0.6) is 0 Å².